The highest BCUT2D eigenvalue weighted by molar-refractivity contribution is 7.99. The Bertz CT molecular complexity index is 571. The zero-order valence-corrected chi connectivity index (χ0v) is 18.4. The van der Waals surface area contributed by atoms with E-state index in [-0.39, 0.29) is 42.8 Å². The van der Waals surface area contributed by atoms with Crippen LogP contribution in [0.5, 0.6) is 0 Å². The molecular weight excluding hydrogens is 429 g/mol. The number of hydrogen-bond donors (Lipinski definition) is 2. The fraction of sp³-hybridized carbons (Fsp3) is 0.611. The Morgan fingerprint density at radius 3 is 2.74 bits per heavy atom. The third kappa shape index (κ3) is 7.61. The summed E-state index contributed by atoms with van der Waals surface area (Å²) in [5.41, 5.74) is 1.07. The van der Waals surface area contributed by atoms with Crippen molar-refractivity contribution < 1.29 is 9.53 Å². The summed E-state index contributed by atoms with van der Waals surface area (Å²) in [4.78, 5) is 14.7. The van der Waals surface area contributed by atoms with Crippen molar-refractivity contribution in [3.05, 3.63) is 34.9 Å². The van der Waals surface area contributed by atoms with Gasteiger partial charge in [-0.2, -0.15) is 11.8 Å². The van der Waals surface area contributed by atoms with Gasteiger partial charge in [-0.25, -0.2) is 0 Å². The van der Waals surface area contributed by atoms with E-state index in [9.17, 15) is 4.79 Å². The van der Waals surface area contributed by atoms with E-state index in [1.807, 2.05) is 36.0 Å². The number of carbonyl (C=O) groups excluding carboxylic acids is 1. The molecule has 2 N–H and O–H groups in total. The van der Waals surface area contributed by atoms with E-state index in [1.54, 1.807) is 0 Å². The summed E-state index contributed by atoms with van der Waals surface area (Å²) < 4.78 is 5.47. The van der Waals surface area contributed by atoms with Crippen LogP contribution in [0.3, 0.4) is 0 Å². The number of nitrogens with zero attached hydrogens (tertiary/aromatic N) is 1. The van der Waals surface area contributed by atoms with E-state index in [0.29, 0.717) is 13.0 Å². The molecule has 0 bridgehead atoms. The van der Waals surface area contributed by atoms with Crippen LogP contribution in [0.1, 0.15) is 18.0 Å². The number of amides is 1. The first-order chi connectivity index (χ1) is 12.2. The molecule has 2 fully saturated rings. The summed E-state index contributed by atoms with van der Waals surface area (Å²) in [7, 11) is 0. The number of halogens is 3. The number of morpholine rings is 1. The highest BCUT2D eigenvalue weighted by Crippen LogP contribution is 2.27. The molecule has 2 saturated heterocycles. The molecule has 1 amide bonds. The fourth-order valence-corrected chi connectivity index (χ4v) is 4.54. The molecule has 3 rings (SSSR count). The first-order valence-electron chi connectivity index (χ1n) is 8.88. The van der Waals surface area contributed by atoms with Gasteiger partial charge in [0, 0.05) is 55.2 Å². The van der Waals surface area contributed by atoms with Crippen LogP contribution in [0.4, 0.5) is 0 Å². The summed E-state index contributed by atoms with van der Waals surface area (Å²) in [6, 6.07) is 8.26. The Kier molecular flexibility index (Phi) is 12.0. The number of rotatable bonds is 6. The maximum Gasteiger partial charge on any atom is 0.221 e. The maximum atomic E-state index is 12.4. The molecule has 0 aliphatic carbocycles. The van der Waals surface area contributed by atoms with Gasteiger partial charge in [0.25, 0.3) is 0 Å². The lowest BCUT2D eigenvalue weighted by Gasteiger charge is -2.35. The smallest absolute Gasteiger partial charge is 0.221 e. The second-order valence-electron chi connectivity index (χ2n) is 6.42. The molecule has 154 valence electrons. The normalized spacial score (nSPS) is 21.4. The molecule has 0 saturated carbocycles. The van der Waals surface area contributed by atoms with Crippen molar-refractivity contribution in [1.82, 2.24) is 15.5 Å². The largest absolute Gasteiger partial charge is 0.379 e. The van der Waals surface area contributed by atoms with Gasteiger partial charge >= 0.3 is 0 Å². The number of benzene rings is 1. The van der Waals surface area contributed by atoms with Gasteiger partial charge in [-0.05, 0) is 11.6 Å². The average Bonchev–Trinajstić information content (AvgIpc) is 2.65. The molecule has 1 aromatic rings. The van der Waals surface area contributed by atoms with Crippen LogP contribution in [0.25, 0.3) is 0 Å². The Balaban J connectivity index is 0.00000182. The van der Waals surface area contributed by atoms with E-state index in [2.05, 4.69) is 15.5 Å². The first-order valence-corrected chi connectivity index (χ1v) is 10.4. The summed E-state index contributed by atoms with van der Waals surface area (Å²) in [6.07, 6.45) is 0.533. The molecule has 1 aromatic carbocycles. The lowest BCUT2D eigenvalue weighted by atomic mass is 10.0. The number of ether oxygens (including phenoxy) is 1. The number of hydrogen-bond acceptors (Lipinski definition) is 5. The lowest BCUT2D eigenvalue weighted by Crippen LogP contribution is -2.45. The van der Waals surface area contributed by atoms with E-state index in [0.717, 1.165) is 54.9 Å². The van der Waals surface area contributed by atoms with Crippen LogP contribution in [-0.2, 0) is 9.53 Å². The molecule has 2 heterocycles. The quantitative estimate of drug-likeness (QED) is 0.689. The van der Waals surface area contributed by atoms with Gasteiger partial charge in [0.1, 0.15) is 0 Å². The molecule has 2 aliphatic heterocycles. The second-order valence-corrected chi connectivity index (χ2v) is 7.98. The molecule has 2 atom stereocenters. The molecule has 5 nitrogen and oxygen atoms in total. The van der Waals surface area contributed by atoms with Crippen molar-refractivity contribution in [3.63, 3.8) is 0 Å². The average molecular weight is 457 g/mol. The minimum atomic E-state index is 0. The molecule has 0 aromatic heterocycles. The van der Waals surface area contributed by atoms with Gasteiger partial charge in [-0.1, -0.05) is 29.8 Å². The summed E-state index contributed by atoms with van der Waals surface area (Å²) in [5.74, 6) is 2.24. The Morgan fingerprint density at radius 2 is 2.07 bits per heavy atom. The van der Waals surface area contributed by atoms with Gasteiger partial charge < -0.3 is 15.4 Å². The maximum absolute atomic E-state index is 12.4. The minimum absolute atomic E-state index is 0. The number of nitrogens with one attached hydrogen (secondary N) is 2. The zero-order chi connectivity index (χ0) is 17.5. The molecule has 0 spiro atoms. The summed E-state index contributed by atoms with van der Waals surface area (Å²) in [6.45, 7) is 4.70. The highest BCUT2D eigenvalue weighted by Gasteiger charge is 2.25. The Labute approximate surface area is 183 Å². The summed E-state index contributed by atoms with van der Waals surface area (Å²) >= 11 is 8.33. The van der Waals surface area contributed by atoms with Gasteiger partial charge in [0.2, 0.25) is 5.91 Å². The van der Waals surface area contributed by atoms with Gasteiger partial charge in [-0.15, -0.1) is 24.8 Å². The van der Waals surface area contributed by atoms with Crippen molar-refractivity contribution in [3.8, 4) is 0 Å². The van der Waals surface area contributed by atoms with Crippen LogP contribution >= 0.6 is 48.2 Å². The Morgan fingerprint density at radius 1 is 1.33 bits per heavy atom. The number of thioether (sulfide) groups is 1. The third-order valence-electron chi connectivity index (χ3n) is 4.67. The molecule has 2 unspecified atom stereocenters. The molecule has 2 aliphatic rings. The molecule has 9 heteroatoms. The minimum Gasteiger partial charge on any atom is -0.379 e. The third-order valence-corrected chi connectivity index (χ3v) is 6.15. The monoisotopic (exact) mass is 455 g/mol. The van der Waals surface area contributed by atoms with Gasteiger partial charge in [0.15, 0.2) is 0 Å². The fourth-order valence-electron chi connectivity index (χ4n) is 3.33. The van der Waals surface area contributed by atoms with Crippen molar-refractivity contribution in [2.45, 2.75) is 18.5 Å². The topological polar surface area (TPSA) is 53.6 Å². The molecular formula is C18H28Cl3N3O2S. The second kappa shape index (κ2) is 13.1. The standard InChI is InChI=1S/C18H26ClN3O2S.2ClH/c19-16-4-2-1-3-15(16)17(22-6-8-24-9-7-22)12-21-18(23)11-14-13-25-10-5-20-14;;/h1-4,14,17,20H,5-13H2,(H,21,23);2*1H. The van der Waals surface area contributed by atoms with E-state index < -0.39 is 0 Å². The van der Waals surface area contributed by atoms with Crippen LogP contribution in [0.15, 0.2) is 24.3 Å². The number of carbonyl (C=O) groups is 1. The highest BCUT2D eigenvalue weighted by atomic mass is 35.5. The van der Waals surface area contributed by atoms with E-state index in [4.69, 9.17) is 16.3 Å². The Hall–Kier alpha value is -0.210. The van der Waals surface area contributed by atoms with Crippen molar-refractivity contribution in [2.75, 3.05) is 50.9 Å². The molecule has 0 radical (unpaired) electrons. The zero-order valence-electron chi connectivity index (χ0n) is 15.2. The van der Waals surface area contributed by atoms with Crippen molar-refractivity contribution in [2.24, 2.45) is 0 Å². The summed E-state index contributed by atoms with van der Waals surface area (Å²) in [5, 5.41) is 7.28. The van der Waals surface area contributed by atoms with Gasteiger partial charge in [0.05, 0.1) is 19.3 Å². The van der Waals surface area contributed by atoms with E-state index in [1.165, 1.54) is 0 Å². The van der Waals surface area contributed by atoms with Crippen LogP contribution in [0.2, 0.25) is 5.02 Å². The molecule has 27 heavy (non-hydrogen) atoms. The predicted molar refractivity (Wildman–Crippen MR) is 118 cm³/mol. The van der Waals surface area contributed by atoms with Crippen molar-refractivity contribution in [1.29, 1.82) is 0 Å². The predicted octanol–water partition coefficient (Wildman–Crippen LogP) is 2.77. The first kappa shape index (κ1) is 24.8. The van der Waals surface area contributed by atoms with Crippen LogP contribution in [0, 0.1) is 0 Å². The van der Waals surface area contributed by atoms with E-state index >= 15 is 0 Å². The van der Waals surface area contributed by atoms with Crippen LogP contribution in [-0.4, -0.2) is 67.7 Å². The van der Waals surface area contributed by atoms with Gasteiger partial charge in [-0.3, -0.25) is 9.69 Å². The SMILES string of the molecule is Cl.Cl.O=C(CC1CSCCN1)NCC(c1ccccc1Cl)N1CCOCC1. The van der Waals surface area contributed by atoms with Crippen molar-refractivity contribution >= 4 is 54.1 Å². The lowest BCUT2D eigenvalue weighted by molar-refractivity contribution is -0.121. The van der Waals surface area contributed by atoms with Crippen LogP contribution < -0.4 is 10.6 Å².